The molecule has 0 bridgehead atoms. The summed E-state index contributed by atoms with van der Waals surface area (Å²) in [6.07, 6.45) is 7.23. The van der Waals surface area contributed by atoms with Crippen LogP contribution in [-0.2, 0) is 0 Å². The molecule has 1 saturated carbocycles. The normalized spacial score (nSPS) is 19.9. The molecule has 1 fully saturated rings. The lowest BCUT2D eigenvalue weighted by Crippen LogP contribution is -2.19. The van der Waals surface area contributed by atoms with Gasteiger partial charge in [0.25, 0.3) is 0 Å². The van der Waals surface area contributed by atoms with E-state index in [0.717, 1.165) is 25.7 Å². The molecular formula is C11H20N4O. The number of hydrogen-bond donors (Lipinski definition) is 1. The van der Waals surface area contributed by atoms with E-state index < -0.39 is 6.10 Å². The SMILES string of the molecule is CCCC(O)c1nnnn1C1CCCCC1. The van der Waals surface area contributed by atoms with Crippen LogP contribution in [0, 0.1) is 0 Å². The summed E-state index contributed by atoms with van der Waals surface area (Å²) in [6, 6.07) is 0.394. The van der Waals surface area contributed by atoms with Crippen molar-refractivity contribution in [3.63, 3.8) is 0 Å². The monoisotopic (exact) mass is 224 g/mol. The average Bonchev–Trinajstić information content (AvgIpc) is 2.79. The topological polar surface area (TPSA) is 63.8 Å². The third kappa shape index (κ3) is 2.40. The van der Waals surface area contributed by atoms with Crippen LogP contribution in [0.1, 0.15) is 69.8 Å². The molecule has 1 heterocycles. The molecule has 0 amide bonds. The molecular weight excluding hydrogens is 204 g/mol. The van der Waals surface area contributed by atoms with E-state index in [2.05, 4.69) is 22.4 Å². The average molecular weight is 224 g/mol. The Morgan fingerprint density at radius 3 is 2.81 bits per heavy atom. The van der Waals surface area contributed by atoms with Gasteiger partial charge >= 0.3 is 0 Å². The maximum Gasteiger partial charge on any atom is 0.180 e. The summed E-state index contributed by atoms with van der Waals surface area (Å²) in [5, 5.41) is 21.7. The van der Waals surface area contributed by atoms with Gasteiger partial charge in [-0.25, -0.2) is 4.68 Å². The number of aromatic nitrogens is 4. The van der Waals surface area contributed by atoms with Crippen molar-refractivity contribution in [1.82, 2.24) is 20.2 Å². The summed E-state index contributed by atoms with van der Waals surface area (Å²) in [7, 11) is 0. The first-order valence-corrected chi connectivity index (χ1v) is 6.28. The quantitative estimate of drug-likeness (QED) is 0.849. The third-order valence-electron chi connectivity index (χ3n) is 3.30. The lowest BCUT2D eigenvalue weighted by molar-refractivity contribution is 0.144. The van der Waals surface area contributed by atoms with Gasteiger partial charge in [0.1, 0.15) is 6.10 Å². The first kappa shape index (κ1) is 11.5. The van der Waals surface area contributed by atoms with Crippen LogP contribution in [0.2, 0.25) is 0 Å². The highest BCUT2D eigenvalue weighted by molar-refractivity contribution is 4.90. The predicted molar refractivity (Wildman–Crippen MR) is 59.8 cm³/mol. The van der Waals surface area contributed by atoms with Crippen molar-refractivity contribution in [2.24, 2.45) is 0 Å². The summed E-state index contributed by atoms with van der Waals surface area (Å²) < 4.78 is 1.85. The first-order valence-electron chi connectivity index (χ1n) is 6.28. The fourth-order valence-corrected chi connectivity index (χ4v) is 2.41. The second-order valence-electron chi connectivity index (χ2n) is 4.58. The van der Waals surface area contributed by atoms with Crippen molar-refractivity contribution in [2.75, 3.05) is 0 Å². The number of rotatable bonds is 4. The van der Waals surface area contributed by atoms with Gasteiger partial charge in [-0.05, 0) is 29.7 Å². The fraction of sp³-hybridized carbons (Fsp3) is 0.909. The summed E-state index contributed by atoms with van der Waals surface area (Å²) >= 11 is 0. The highest BCUT2D eigenvalue weighted by atomic mass is 16.3. The maximum atomic E-state index is 9.96. The predicted octanol–water partition coefficient (Wildman–Crippen LogP) is 2.01. The van der Waals surface area contributed by atoms with Crippen molar-refractivity contribution in [3.05, 3.63) is 5.82 Å². The highest BCUT2D eigenvalue weighted by Crippen LogP contribution is 2.29. The molecule has 90 valence electrons. The Morgan fingerprint density at radius 2 is 2.12 bits per heavy atom. The number of tetrazole rings is 1. The Kier molecular flexibility index (Phi) is 3.88. The van der Waals surface area contributed by atoms with Crippen LogP contribution in [0.4, 0.5) is 0 Å². The molecule has 1 atom stereocenters. The van der Waals surface area contributed by atoms with E-state index in [9.17, 15) is 5.11 Å². The lowest BCUT2D eigenvalue weighted by Gasteiger charge is -2.23. The van der Waals surface area contributed by atoms with Crippen molar-refractivity contribution in [2.45, 2.75) is 64.0 Å². The Balaban J connectivity index is 2.11. The molecule has 0 spiro atoms. The number of nitrogens with zero attached hydrogens (tertiary/aromatic N) is 4. The number of aliphatic hydroxyl groups excluding tert-OH is 1. The second-order valence-corrected chi connectivity index (χ2v) is 4.58. The molecule has 5 nitrogen and oxygen atoms in total. The third-order valence-corrected chi connectivity index (χ3v) is 3.30. The van der Waals surface area contributed by atoms with Gasteiger partial charge in [0.05, 0.1) is 6.04 Å². The Hall–Kier alpha value is -0.970. The zero-order chi connectivity index (χ0) is 11.4. The summed E-state index contributed by atoms with van der Waals surface area (Å²) in [5.41, 5.74) is 0. The van der Waals surface area contributed by atoms with Crippen molar-refractivity contribution in [1.29, 1.82) is 0 Å². The Labute approximate surface area is 95.9 Å². The van der Waals surface area contributed by atoms with Gasteiger partial charge in [-0.15, -0.1) is 5.10 Å². The van der Waals surface area contributed by atoms with E-state index in [0.29, 0.717) is 11.9 Å². The van der Waals surface area contributed by atoms with E-state index in [4.69, 9.17) is 0 Å². The smallest absolute Gasteiger partial charge is 0.180 e. The zero-order valence-electron chi connectivity index (χ0n) is 9.84. The summed E-state index contributed by atoms with van der Waals surface area (Å²) in [6.45, 7) is 2.05. The maximum absolute atomic E-state index is 9.96. The van der Waals surface area contributed by atoms with Crippen LogP contribution < -0.4 is 0 Å². The Morgan fingerprint density at radius 1 is 1.38 bits per heavy atom. The minimum atomic E-state index is -0.512. The highest BCUT2D eigenvalue weighted by Gasteiger charge is 2.23. The molecule has 0 saturated heterocycles. The molecule has 5 heteroatoms. The van der Waals surface area contributed by atoms with Crippen LogP contribution >= 0.6 is 0 Å². The summed E-state index contributed by atoms with van der Waals surface area (Å²) in [4.78, 5) is 0. The van der Waals surface area contributed by atoms with Crippen LogP contribution in [-0.4, -0.2) is 25.3 Å². The van der Waals surface area contributed by atoms with Gasteiger partial charge < -0.3 is 5.11 Å². The molecule has 1 aromatic rings. The van der Waals surface area contributed by atoms with E-state index in [1.807, 2.05) is 4.68 Å². The zero-order valence-corrected chi connectivity index (χ0v) is 9.84. The van der Waals surface area contributed by atoms with Crippen molar-refractivity contribution in [3.8, 4) is 0 Å². The molecule has 0 aliphatic heterocycles. The molecule has 1 aliphatic carbocycles. The van der Waals surface area contributed by atoms with E-state index >= 15 is 0 Å². The molecule has 0 radical (unpaired) electrons. The van der Waals surface area contributed by atoms with Crippen LogP contribution in [0.15, 0.2) is 0 Å². The van der Waals surface area contributed by atoms with Crippen molar-refractivity contribution >= 4 is 0 Å². The first-order chi connectivity index (χ1) is 7.83. The van der Waals surface area contributed by atoms with Crippen molar-refractivity contribution < 1.29 is 5.11 Å². The number of hydrogen-bond acceptors (Lipinski definition) is 4. The largest absolute Gasteiger partial charge is 0.385 e. The molecule has 1 aromatic heterocycles. The minimum Gasteiger partial charge on any atom is -0.385 e. The standard InChI is InChI=1S/C11H20N4O/c1-2-6-10(16)11-12-13-14-15(11)9-7-4-3-5-8-9/h9-10,16H,2-8H2,1H3. The lowest BCUT2D eigenvalue weighted by atomic mass is 9.95. The molecule has 16 heavy (non-hydrogen) atoms. The van der Waals surface area contributed by atoms with E-state index in [-0.39, 0.29) is 0 Å². The molecule has 1 unspecified atom stereocenters. The van der Waals surface area contributed by atoms with Gasteiger partial charge in [-0.1, -0.05) is 32.6 Å². The van der Waals surface area contributed by atoms with Crippen LogP contribution in [0.25, 0.3) is 0 Å². The van der Waals surface area contributed by atoms with Gasteiger partial charge in [-0.3, -0.25) is 0 Å². The second kappa shape index (κ2) is 5.39. The van der Waals surface area contributed by atoms with Gasteiger partial charge in [0.15, 0.2) is 5.82 Å². The van der Waals surface area contributed by atoms with Gasteiger partial charge in [-0.2, -0.15) is 0 Å². The fourth-order valence-electron chi connectivity index (χ4n) is 2.41. The number of aliphatic hydroxyl groups is 1. The Bertz CT molecular complexity index is 320. The van der Waals surface area contributed by atoms with E-state index in [1.54, 1.807) is 0 Å². The van der Waals surface area contributed by atoms with E-state index in [1.165, 1.54) is 19.3 Å². The molecule has 0 aromatic carbocycles. The van der Waals surface area contributed by atoms with Crippen LogP contribution in [0.5, 0.6) is 0 Å². The van der Waals surface area contributed by atoms with Gasteiger partial charge in [0, 0.05) is 0 Å². The van der Waals surface area contributed by atoms with Crippen LogP contribution in [0.3, 0.4) is 0 Å². The minimum absolute atomic E-state index is 0.394. The molecule has 2 rings (SSSR count). The van der Waals surface area contributed by atoms with Gasteiger partial charge in [0.2, 0.25) is 0 Å². The molecule has 1 aliphatic rings. The molecule has 1 N–H and O–H groups in total. The summed E-state index contributed by atoms with van der Waals surface area (Å²) in [5.74, 6) is 0.647.